The summed E-state index contributed by atoms with van der Waals surface area (Å²) in [6.45, 7) is 0.0902. The van der Waals surface area contributed by atoms with Crippen molar-refractivity contribution in [3.05, 3.63) is 77.3 Å². The first-order valence-corrected chi connectivity index (χ1v) is 9.62. The first-order chi connectivity index (χ1) is 14.4. The van der Waals surface area contributed by atoms with Crippen LogP contribution in [0.5, 0.6) is 0 Å². The van der Waals surface area contributed by atoms with Crippen LogP contribution in [0.1, 0.15) is 12.0 Å². The normalized spacial score (nSPS) is 18.6. The minimum Gasteiger partial charge on any atom is -0.372 e. The molecule has 1 atom stereocenters. The summed E-state index contributed by atoms with van der Waals surface area (Å²) in [5.41, 5.74) is -0.489. The van der Waals surface area contributed by atoms with Gasteiger partial charge in [-0.2, -0.15) is 5.10 Å². The molecule has 0 radical (unpaired) electrons. The molecule has 1 unspecified atom stereocenters. The number of carbonyl (C=O) groups is 2. The topological polar surface area (TPSA) is 87.5 Å². The number of rotatable bonds is 5. The average Bonchev–Trinajstić information content (AvgIpc) is 3.32. The van der Waals surface area contributed by atoms with Gasteiger partial charge in [0.1, 0.15) is 5.82 Å². The van der Waals surface area contributed by atoms with E-state index in [9.17, 15) is 19.1 Å². The van der Waals surface area contributed by atoms with Crippen molar-refractivity contribution in [1.29, 1.82) is 0 Å². The fourth-order valence-electron chi connectivity index (χ4n) is 3.38. The van der Waals surface area contributed by atoms with Gasteiger partial charge in [0.25, 0.3) is 11.8 Å². The maximum absolute atomic E-state index is 13.4. The number of aromatic nitrogens is 2. The molecule has 0 aliphatic carbocycles. The Morgan fingerprint density at radius 1 is 1.23 bits per heavy atom. The third-order valence-corrected chi connectivity index (χ3v) is 5.17. The molecule has 2 amide bonds. The molecule has 9 heteroatoms. The molecule has 3 aromatic rings. The molecule has 7 nitrogen and oxygen atoms in total. The van der Waals surface area contributed by atoms with Gasteiger partial charge in [-0.25, -0.2) is 9.07 Å². The van der Waals surface area contributed by atoms with Crippen molar-refractivity contribution >= 4 is 29.1 Å². The molecule has 1 aliphatic heterocycles. The van der Waals surface area contributed by atoms with Gasteiger partial charge in [0.15, 0.2) is 0 Å². The second-order valence-electron chi connectivity index (χ2n) is 7.01. The lowest BCUT2D eigenvalue weighted by Gasteiger charge is -2.21. The largest absolute Gasteiger partial charge is 0.372 e. The molecule has 2 heterocycles. The van der Waals surface area contributed by atoms with E-state index in [4.69, 9.17) is 11.6 Å². The summed E-state index contributed by atoms with van der Waals surface area (Å²) in [5, 5.41) is 17.7. The van der Waals surface area contributed by atoms with Gasteiger partial charge in [0.05, 0.1) is 23.8 Å². The molecule has 4 rings (SSSR count). The van der Waals surface area contributed by atoms with Crippen molar-refractivity contribution in [1.82, 2.24) is 15.1 Å². The Morgan fingerprint density at radius 3 is 2.73 bits per heavy atom. The zero-order chi connectivity index (χ0) is 21.3. The van der Waals surface area contributed by atoms with Crippen LogP contribution in [0.2, 0.25) is 5.02 Å². The predicted molar refractivity (Wildman–Crippen MR) is 109 cm³/mol. The molecule has 1 saturated heterocycles. The van der Waals surface area contributed by atoms with Crippen molar-refractivity contribution in [2.75, 3.05) is 11.4 Å². The fourth-order valence-corrected chi connectivity index (χ4v) is 3.62. The number of amides is 2. The highest BCUT2D eigenvalue weighted by molar-refractivity contribution is 6.30. The lowest BCUT2D eigenvalue weighted by molar-refractivity contribution is -0.149. The van der Waals surface area contributed by atoms with Crippen molar-refractivity contribution in [2.24, 2.45) is 0 Å². The molecule has 30 heavy (non-hydrogen) atoms. The van der Waals surface area contributed by atoms with Gasteiger partial charge in [-0.05, 0) is 35.9 Å². The number of hydrogen-bond donors (Lipinski definition) is 2. The van der Waals surface area contributed by atoms with Crippen LogP contribution in [0.3, 0.4) is 0 Å². The van der Waals surface area contributed by atoms with Crippen molar-refractivity contribution in [3.63, 3.8) is 0 Å². The van der Waals surface area contributed by atoms with Gasteiger partial charge in [-0.1, -0.05) is 29.8 Å². The van der Waals surface area contributed by atoms with E-state index in [-0.39, 0.29) is 24.5 Å². The van der Waals surface area contributed by atoms with Gasteiger partial charge in [-0.3, -0.25) is 9.59 Å². The van der Waals surface area contributed by atoms with E-state index in [1.165, 1.54) is 23.2 Å². The molecule has 0 spiro atoms. The van der Waals surface area contributed by atoms with Crippen LogP contribution in [0.15, 0.2) is 60.9 Å². The molecule has 1 fully saturated rings. The van der Waals surface area contributed by atoms with Gasteiger partial charge >= 0.3 is 0 Å². The molecule has 154 valence electrons. The molecule has 2 N–H and O–H groups in total. The van der Waals surface area contributed by atoms with Crippen molar-refractivity contribution in [2.45, 2.75) is 18.6 Å². The summed E-state index contributed by atoms with van der Waals surface area (Å²) in [6, 6.07) is 13.2. The van der Waals surface area contributed by atoms with Crippen molar-refractivity contribution < 1.29 is 19.1 Å². The number of aliphatic hydroxyl groups is 1. The van der Waals surface area contributed by atoms with Crippen LogP contribution < -0.4 is 10.2 Å². The van der Waals surface area contributed by atoms with Gasteiger partial charge in [0, 0.05) is 24.5 Å². The summed E-state index contributed by atoms with van der Waals surface area (Å²) >= 11 is 5.81. The zero-order valence-electron chi connectivity index (χ0n) is 15.8. The van der Waals surface area contributed by atoms with Crippen LogP contribution in [0.25, 0.3) is 5.69 Å². The van der Waals surface area contributed by atoms with E-state index in [1.807, 2.05) is 30.3 Å². The van der Waals surface area contributed by atoms with E-state index in [0.717, 1.165) is 11.8 Å². The highest BCUT2D eigenvalue weighted by Crippen LogP contribution is 2.29. The summed E-state index contributed by atoms with van der Waals surface area (Å²) in [4.78, 5) is 26.7. The first kappa shape index (κ1) is 20.1. The van der Waals surface area contributed by atoms with E-state index in [0.29, 0.717) is 11.3 Å². The standard InChI is InChI=1S/C21H18ClFN4O3/c22-15-8-14(9-16(23)10-15)11-24-19(28)21(30)6-7-26(20(21)29)18-12-25-27(13-18)17-4-2-1-3-5-17/h1-5,8-10,12-13,30H,6-7,11H2,(H,24,28). The highest BCUT2D eigenvalue weighted by atomic mass is 35.5. The average molecular weight is 429 g/mol. The second-order valence-corrected chi connectivity index (χ2v) is 7.44. The Kier molecular flexibility index (Phi) is 5.27. The number of carbonyl (C=O) groups excluding carboxylic acids is 2. The van der Waals surface area contributed by atoms with Gasteiger partial charge < -0.3 is 15.3 Å². The maximum Gasteiger partial charge on any atom is 0.268 e. The van der Waals surface area contributed by atoms with Crippen LogP contribution >= 0.6 is 11.6 Å². The number of nitrogens with zero attached hydrogens (tertiary/aromatic N) is 3. The van der Waals surface area contributed by atoms with E-state index >= 15 is 0 Å². The Morgan fingerprint density at radius 2 is 2.00 bits per heavy atom. The lowest BCUT2D eigenvalue weighted by Crippen LogP contribution is -2.52. The van der Waals surface area contributed by atoms with Crippen LogP contribution in [-0.2, 0) is 16.1 Å². The summed E-state index contributed by atoms with van der Waals surface area (Å²) in [7, 11) is 0. The number of halogens is 2. The monoisotopic (exact) mass is 428 g/mol. The Balaban J connectivity index is 1.46. The predicted octanol–water partition coefficient (Wildman–Crippen LogP) is 2.45. The number of hydrogen-bond acceptors (Lipinski definition) is 4. The molecule has 0 saturated carbocycles. The number of para-hydroxylation sites is 1. The SMILES string of the molecule is O=C(NCc1cc(F)cc(Cl)c1)C1(O)CCN(c2cnn(-c3ccccc3)c2)C1=O. The van der Waals surface area contributed by atoms with Crippen LogP contribution in [-0.4, -0.2) is 38.8 Å². The van der Waals surface area contributed by atoms with E-state index < -0.39 is 23.2 Å². The minimum atomic E-state index is -2.20. The minimum absolute atomic E-state index is 0.0713. The zero-order valence-corrected chi connectivity index (χ0v) is 16.5. The van der Waals surface area contributed by atoms with Gasteiger partial charge in [-0.15, -0.1) is 0 Å². The second kappa shape index (κ2) is 7.89. The van der Waals surface area contributed by atoms with E-state index in [2.05, 4.69) is 10.4 Å². The molecule has 1 aliphatic rings. The number of benzene rings is 2. The molecule has 0 bridgehead atoms. The van der Waals surface area contributed by atoms with Crippen molar-refractivity contribution in [3.8, 4) is 5.69 Å². The third kappa shape index (κ3) is 3.79. The Hall–Kier alpha value is -3.23. The molecule has 2 aromatic carbocycles. The third-order valence-electron chi connectivity index (χ3n) is 4.95. The van der Waals surface area contributed by atoms with Crippen LogP contribution in [0, 0.1) is 5.82 Å². The van der Waals surface area contributed by atoms with Crippen LogP contribution in [0.4, 0.5) is 10.1 Å². The molecule has 1 aromatic heterocycles. The summed E-state index contributed by atoms with van der Waals surface area (Å²) < 4.78 is 15.0. The van der Waals surface area contributed by atoms with E-state index in [1.54, 1.807) is 10.9 Å². The number of nitrogens with one attached hydrogen (secondary N) is 1. The van der Waals surface area contributed by atoms with Gasteiger partial charge in [0.2, 0.25) is 5.60 Å². The number of anilines is 1. The smallest absolute Gasteiger partial charge is 0.268 e. The lowest BCUT2D eigenvalue weighted by atomic mass is 10.0. The highest BCUT2D eigenvalue weighted by Gasteiger charge is 2.51. The fraction of sp³-hybridized carbons (Fsp3) is 0.190. The molecular formula is C21H18ClFN4O3. The first-order valence-electron chi connectivity index (χ1n) is 9.24. The maximum atomic E-state index is 13.4. The Bertz CT molecular complexity index is 1080. The molecular weight excluding hydrogens is 411 g/mol. The summed E-state index contributed by atoms with van der Waals surface area (Å²) in [6.07, 6.45) is 3.09. The summed E-state index contributed by atoms with van der Waals surface area (Å²) in [5.74, 6) is -2.11. The Labute approximate surface area is 176 Å². The quantitative estimate of drug-likeness (QED) is 0.611.